The molecule has 2 N–H and O–H groups in total. The van der Waals surface area contributed by atoms with Crippen molar-refractivity contribution in [1.82, 2.24) is 25.0 Å². The molecular weight excluding hydrogens is 470 g/mol. The summed E-state index contributed by atoms with van der Waals surface area (Å²) in [6.45, 7) is 5.14. The van der Waals surface area contributed by atoms with Crippen LogP contribution in [-0.4, -0.2) is 84.0 Å². The quantitative estimate of drug-likeness (QED) is 0.596. The van der Waals surface area contributed by atoms with Crippen molar-refractivity contribution in [1.29, 1.82) is 0 Å². The van der Waals surface area contributed by atoms with Gasteiger partial charge in [0, 0.05) is 44.2 Å². The Hall–Kier alpha value is -3.07. The summed E-state index contributed by atoms with van der Waals surface area (Å²) in [5, 5.41) is 7.00. The van der Waals surface area contributed by atoms with Crippen LogP contribution in [0, 0.1) is 5.92 Å². The lowest BCUT2D eigenvalue weighted by Gasteiger charge is -2.42. The number of methoxy groups -OCH3 is 1. The SMILES string of the molecule is CNC(C)C(=O)NC(C(=O)N1CCN(C(=O)c2cc3ccc(OC)cc3n2C)[C@@H](C)C1)C1CCCCC1. The molecule has 2 fully saturated rings. The number of carbonyl (C=O) groups excluding carboxylic acids is 3. The van der Waals surface area contributed by atoms with Crippen molar-refractivity contribution in [3.05, 3.63) is 30.0 Å². The Morgan fingerprint density at radius 2 is 1.81 bits per heavy atom. The molecule has 9 heteroatoms. The van der Waals surface area contributed by atoms with E-state index in [1.54, 1.807) is 21.1 Å². The molecule has 3 atom stereocenters. The molecule has 3 amide bonds. The van der Waals surface area contributed by atoms with Crippen LogP contribution in [0.15, 0.2) is 24.3 Å². The van der Waals surface area contributed by atoms with Gasteiger partial charge < -0.3 is 29.7 Å². The standard InChI is InChI=1S/C28H41N5O4/c1-18-17-32(28(36)25(20-9-7-6-8-10-20)30-26(34)19(2)29-3)13-14-33(18)27(35)24-15-21-11-12-22(37-5)16-23(21)31(24)4/h11-12,15-16,18-20,25,29H,6-10,13-14,17H2,1-5H3,(H,30,34)/t18-,19?,25?/m0/s1. The molecule has 0 radical (unpaired) electrons. The Morgan fingerprint density at radius 1 is 1.08 bits per heavy atom. The number of amides is 3. The van der Waals surface area contributed by atoms with Gasteiger partial charge in [0.2, 0.25) is 11.8 Å². The van der Waals surface area contributed by atoms with Crippen LogP contribution in [0.5, 0.6) is 5.75 Å². The van der Waals surface area contributed by atoms with E-state index in [1.807, 2.05) is 52.6 Å². The molecule has 1 aliphatic heterocycles. The molecule has 2 aliphatic rings. The highest BCUT2D eigenvalue weighted by Gasteiger charge is 2.38. The van der Waals surface area contributed by atoms with E-state index in [0.29, 0.717) is 25.3 Å². The lowest BCUT2D eigenvalue weighted by atomic mass is 9.83. The van der Waals surface area contributed by atoms with Crippen LogP contribution in [0.3, 0.4) is 0 Å². The fourth-order valence-electron chi connectivity index (χ4n) is 5.70. The highest BCUT2D eigenvalue weighted by Crippen LogP contribution is 2.29. The number of ether oxygens (including phenoxy) is 1. The number of hydrogen-bond acceptors (Lipinski definition) is 5. The molecule has 2 unspecified atom stereocenters. The van der Waals surface area contributed by atoms with E-state index in [9.17, 15) is 14.4 Å². The molecule has 0 bridgehead atoms. The van der Waals surface area contributed by atoms with Crippen LogP contribution in [0.25, 0.3) is 10.9 Å². The highest BCUT2D eigenvalue weighted by atomic mass is 16.5. The summed E-state index contributed by atoms with van der Waals surface area (Å²) in [5.74, 6) is 0.672. The van der Waals surface area contributed by atoms with Crippen LogP contribution >= 0.6 is 0 Å². The second-order valence-electron chi connectivity index (χ2n) is 10.5. The second-order valence-corrected chi connectivity index (χ2v) is 10.5. The van der Waals surface area contributed by atoms with E-state index in [1.165, 1.54) is 6.42 Å². The Kier molecular flexibility index (Phi) is 8.42. The molecule has 1 saturated carbocycles. The predicted octanol–water partition coefficient (Wildman–Crippen LogP) is 2.53. The number of likely N-dealkylation sites (N-methyl/N-ethyl adjacent to an activating group) is 1. The minimum atomic E-state index is -0.522. The van der Waals surface area contributed by atoms with E-state index >= 15 is 0 Å². The first kappa shape index (κ1) is 27.0. The summed E-state index contributed by atoms with van der Waals surface area (Å²) < 4.78 is 7.25. The van der Waals surface area contributed by atoms with Crippen molar-refractivity contribution in [3.8, 4) is 5.75 Å². The minimum absolute atomic E-state index is 0.0285. The first-order chi connectivity index (χ1) is 17.7. The van der Waals surface area contributed by atoms with Crippen molar-refractivity contribution in [2.45, 2.75) is 64.1 Å². The van der Waals surface area contributed by atoms with Crippen LogP contribution in [0.2, 0.25) is 0 Å². The van der Waals surface area contributed by atoms with Gasteiger partial charge in [0.15, 0.2) is 0 Å². The third-order valence-corrected chi connectivity index (χ3v) is 8.18. The number of nitrogens with zero attached hydrogens (tertiary/aromatic N) is 3. The molecule has 1 saturated heterocycles. The van der Waals surface area contributed by atoms with E-state index in [4.69, 9.17) is 4.74 Å². The number of aromatic nitrogens is 1. The first-order valence-corrected chi connectivity index (χ1v) is 13.5. The number of aryl methyl sites for hydroxylation is 1. The summed E-state index contributed by atoms with van der Waals surface area (Å²) in [6.07, 6.45) is 5.24. The smallest absolute Gasteiger partial charge is 0.270 e. The minimum Gasteiger partial charge on any atom is -0.497 e. The number of rotatable bonds is 7. The van der Waals surface area contributed by atoms with Gasteiger partial charge in [-0.05, 0) is 57.9 Å². The van der Waals surface area contributed by atoms with Crippen molar-refractivity contribution in [3.63, 3.8) is 0 Å². The summed E-state index contributed by atoms with van der Waals surface area (Å²) >= 11 is 0. The number of benzene rings is 1. The van der Waals surface area contributed by atoms with Gasteiger partial charge in [0.05, 0.1) is 18.7 Å². The van der Waals surface area contributed by atoms with E-state index in [-0.39, 0.29) is 35.7 Å². The molecule has 2 aromatic rings. The summed E-state index contributed by atoms with van der Waals surface area (Å²) in [6, 6.07) is 6.66. The zero-order valence-electron chi connectivity index (χ0n) is 22.8. The van der Waals surface area contributed by atoms with Crippen LogP contribution in [0.4, 0.5) is 0 Å². The molecule has 4 rings (SSSR count). The van der Waals surface area contributed by atoms with Crippen LogP contribution in [0.1, 0.15) is 56.4 Å². The van der Waals surface area contributed by atoms with Crippen molar-refractivity contribution >= 4 is 28.6 Å². The topological polar surface area (TPSA) is 95.9 Å². The van der Waals surface area contributed by atoms with E-state index in [2.05, 4.69) is 10.6 Å². The maximum absolute atomic E-state index is 13.7. The molecule has 1 aromatic heterocycles. The average Bonchev–Trinajstić information content (AvgIpc) is 3.26. The summed E-state index contributed by atoms with van der Waals surface area (Å²) in [5.41, 5.74) is 1.55. The first-order valence-electron chi connectivity index (χ1n) is 13.5. The number of piperazine rings is 1. The summed E-state index contributed by atoms with van der Waals surface area (Å²) in [4.78, 5) is 43.7. The Morgan fingerprint density at radius 3 is 2.46 bits per heavy atom. The van der Waals surface area contributed by atoms with Crippen LogP contribution < -0.4 is 15.4 Å². The predicted molar refractivity (Wildman–Crippen MR) is 144 cm³/mol. The van der Waals surface area contributed by atoms with Gasteiger partial charge in [-0.1, -0.05) is 19.3 Å². The fraction of sp³-hybridized carbons (Fsp3) is 0.607. The molecule has 202 valence electrons. The fourth-order valence-corrected chi connectivity index (χ4v) is 5.70. The zero-order valence-corrected chi connectivity index (χ0v) is 22.8. The van der Waals surface area contributed by atoms with Crippen molar-refractivity contribution < 1.29 is 19.1 Å². The van der Waals surface area contributed by atoms with Gasteiger partial charge in [-0.3, -0.25) is 14.4 Å². The molecular formula is C28H41N5O4. The van der Waals surface area contributed by atoms with Crippen molar-refractivity contribution in [2.75, 3.05) is 33.8 Å². The zero-order chi connectivity index (χ0) is 26.7. The maximum atomic E-state index is 13.7. The van der Waals surface area contributed by atoms with Crippen molar-refractivity contribution in [2.24, 2.45) is 13.0 Å². The molecule has 9 nitrogen and oxygen atoms in total. The van der Waals surface area contributed by atoms with E-state index in [0.717, 1.165) is 42.3 Å². The molecule has 2 heterocycles. The van der Waals surface area contributed by atoms with Gasteiger partial charge >= 0.3 is 0 Å². The number of carbonyl (C=O) groups is 3. The second kappa shape index (κ2) is 11.5. The molecule has 37 heavy (non-hydrogen) atoms. The molecule has 0 spiro atoms. The van der Waals surface area contributed by atoms with Gasteiger partial charge in [0.25, 0.3) is 5.91 Å². The highest BCUT2D eigenvalue weighted by molar-refractivity contribution is 5.99. The number of fused-ring (bicyclic) bond motifs is 1. The lowest BCUT2D eigenvalue weighted by Crippen LogP contribution is -2.61. The van der Waals surface area contributed by atoms with Gasteiger partial charge in [-0.2, -0.15) is 0 Å². The average molecular weight is 512 g/mol. The normalized spacial score (nSPS) is 20.5. The number of hydrogen-bond donors (Lipinski definition) is 2. The molecule has 1 aliphatic carbocycles. The lowest BCUT2D eigenvalue weighted by molar-refractivity contribution is -0.140. The largest absolute Gasteiger partial charge is 0.497 e. The third kappa shape index (κ3) is 5.61. The molecule has 1 aromatic carbocycles. The summed E-state index contributed by atoms with van der Waals surface area (Å²) in [7, 11) is 5.26. The monoisotopic (exact) mass is 511 g/mol. The van der Waals surface area contributed by atoms with Gasteiger partial charge in [-0.25, -0.2) is 0 Å². The van der Waals surface area contributed by atoms with E-state index < -0.39 is 6.04 Å². The van der Waals surface area contributed by atoms with Gasteiger partial charge in [0.1, 0.15) is 17.5 Å². The maximum Gasteiger partial charge on any atom is 0.270 e. The Balaban J connectivity index is 1.48. The third-order valence-electron chi connectivity index (χ3n) is 8.18. The van der Waals surface area contributed by atoms with Gasteiger partial charge in [-0.15, -0.1) is 0 Å². The Bertz CT molecular complexity index is 1140. The number of nitrogens with one attached hydrogen (secondary N) is 2. The Labute approximate surface area is 219 Å². The van der Waals surface area contributed by atoms with Crippen LogP contribution in [-0.2, 0) is 16.6 Å².